The molecule has 132 valence electrons. The maximum atomic E-state index is 4.10. The molecule has 0 aliphatic carbocycles. The molecule has 0 bridgehead atoms. The minimum absolute atomic E-state index is 0.935. The third-order valence-corrected chi connectivity index (χ3v) is 4.84. The van der Waals surface area contributed by atoms with Crippen LogP contribution in [0.2, 0.25) is 0 Å². The van der Waals surface area contributed by atoms with Gasteiger partial charge in [-0.25, -0.2) is 0 Å². The Morgan fingerprint density at radius 1 is 0.667 bits per heavy atom. The summed E-state index contributed by atoms with van der Waals surface area (Å²) < 4.78 is 0.935. The molecule has 0 amide bonds. The molecule has 3 aromatic carbocycles. The van der Waals surface area contributed by atoms with Crippen molar-refractivity contribution in [3.8, 4) is 0 Å². The van der Waals surface area contributed by atoms with Crippen LogP contribution in [-0.4, -0.2) is 4.98 Å². The third-order valence-electron chi connectivity index (χ3n) is 4.21. The van der Waals surface area contributed by atoms with Crippen LogP contribution in [0.3, 0.4) is 0 Å². The lowest BCUT2D eigenvalue weighted by molar-refractivity contribution is 1.28. The van der Waals surface area contributed by atoms with Crippen molar-refractivity contribution in [2.24, 2.45) is 0 Å². The zero-order valence-electron chi connectivity index (χ0n) is 14.6. The van der Waals surface area contributed by atoms with Gasteiger partial charge in [-0.05, 0) is 70.5 Å². The van der Waals surface area contributed by atoms with Crippen LogP contribution in [0.1, 0.15) is 0 Å². The third kappa shape index (κ3) is 4.01. The van der Waals surface area contributed by atoms with Gasteiger partial charge >= 0.3 is 0 Å². The summed E-state index contributed by atoms with van der Waals surface area (Å²) in [6, 6.07) is 31.1. The molecule has 4 heteroatoms. The molecule has 3 nitrogen and oxygen atoms in total. The van der Waals surface area contributed by atoms with E-state index in [1.165, 1.54) is 0 Å². The summed E-state index contributed by atoms with van der Waals surface area (Å²) in [5.74, 6) is 0. The minimum atomic E-state index is 0.935. The van der Waals surface area contributed by atoms with Gasteiger partial charge in [0.05, 0.1) is 10.2 Å². The second-order valence-electron chi connectivity index (χ2n) is 6.03. The van der Waals surface area contributed by atoms with E-state index in [0.717, 1.165) is 32.9 Å². The van der Waals surface area contributed by atoms with Crippen LogP contribution in [0.5, 0.6) is 0 Å². The second kappa shape index (κ2) is 8.06. The molecule has 4 rings (SSSR count). The molecule has 0 radical (unpaired) electrons. The van der Waals surface area contributed by atoms with Crippen LogP contribution in [-0.2, 0) is 0 Å². The molecule has 0 unspecified atom stereocenters. The maximum absolute atomic E-state index is 4.10. The van der Waals surface area contributed by atoms with Crippen molar-refractivity contribution in [2.75, 3.05) is 10.2 Å². The molecule has 1 N–H and O–H groups in total. The van der Waals surface area contributed by atoms with E-state index in [4.69, 9.17) is 0 Å². The first kappa shape index (κ1) is 17.3. The Morgan fingerprint density at radius 2 is 1.22 bits per heavy atom. The number of halogens is 1. The molecule has 0 aliphatic rings. The lowest BCUT2D eigenvalue weighted by Gasteiger charge is -2.25. The first-order valence-electron chi connectivity index (χ1n) is 8.68. The highest BCUT2D eigenvalue weighted by Crippen LogP contribution is 2.35. The second-order valence-corrected chi connectivity index (χ2v) is 6.89. The summed E-state index contributed by atoms with van der Waals surface area (Å²) in [6.07, 6.45) is 3.55. The Kier molecular flexibility index (Phi) is 5.17. The fraction of sp³-hybridized carbons (Fsp3) is 0. The summed E-state index contributed by atoms with van der Waals surface area (Å²) in [4.78, 5) is 6.34. The van der Waals surface area contributed by atoms with Crippen molar-refractivity contribution < 1.29 is 0 Å². The quantitative estimate of drug-likeness (QED) is 0.378. The summed E-state index contributed by atoms with van der Waals surface area (Å²) >= 11 is 3.52. The van der Waals surface area contributed by atoms with E-state index in [1.54, 1.807) is 12.4 Å². The van der Waals surface area contributed by atoms with E-state index in [-0.39, 0.29) is 0 Å². The summed E-state index contributed by atoms with van der Waals surface area (Å²) in [5.41, 5.74) is 5.36. The van der Waals surface area contributed by atoms with Crippen molar-refractivity contribution in [3.05, 3.63) is 108 Å². The Hall–Kier alpha value is -3.11. The van der Waals surface area contributed by atoms with E-state index in [2.05, 4.69) is 104 Å². The molecule has 27 heavy (non-hydrogen) atoms. The minimum Gasteiger partial charge on any atom is -0.355 e. The Morgan fingerprint density at radius 3 is 1.78 bits per heavy atom. The number of aromatic nitrogens is 1. The number of nitrogens with one attached hydrogen (secondary N) is 1. The Labute approximate surface area is 167 Å². The van der Waals surface area contributed by atoms with Crippen molar-refractivity contribution in [3.63, 3.8) is 0 Å². The highest BCUT2D eigenvalue weighted by molar-refractivity contribution is 9.10. The SMILES string of the molecule is Brc1cnccc1Nc1ccc(N(c2ccccc2)c2ccccc2)cc1. The largest absolute Gasteiger partial charge is 0.355 e. The Balaban J connectivity index is 1.66. The number of rotatable bonds is 5. The van der Waals surface area contributed by atoms with Crippen molar-refractivity contribution in [1.29, 1.82) is 0 Å². The smallest absolute Gasteiger partial charge is 0.0593 e. The van der Waals surface area contributed by atoms with Gasteiger partial charge in [-0.15, -0.1) is 0 Å². The molecule has 0 spiro atoms. The molecule has 4 aromatic rings. The summed E-state index contributed by atoms with van der Waals surface area (Å²) in [7, 11) is 0. The molecular weight excluding hydrogens is 398 g/mol. The number of benzene rings is 3. The van der Waals surface area contributed by atoms with Gasteiger partial charge in [0.25, 0.3) is 0 Å². The fourth-order valence-corrected chi connectivity index (χ4v) is 3.28. The predicted molar refractivity (Wildman–Crippen MR) is 116 cm³/mol. The van der Waals surface area contributed by atoms with E-state index in [1.807, 2.05) is 18.2 Å². The zero-order chi connectivity index (χ0) is 18.5. The lowest BCUT2D eigenvalue weighted by Crippen LogP contribution is -2.09. The van der Waals surface area contributed by atoms with Gasteiger partial charge in [-0.3, -0.25) is 4.98 Å². The molecule has 0 atom stereocenters. The molecule has 0 saturated carbocycles. The standard InChI is InChI=1S/C23H18BrN3/c24-22-17-25-16-15-23(22)26-18-11-13-21(14-12-18)27(19-7-3-1-4-8-19)20-9-5-2-6-10-20/h1-17H,(H,25,26). The van der Waals surface area contributed by atoms with Crippen LogP contribution in [0, 0.1) is 0 Å². The van der Waals surface area contributed by atoms with E-state index in [9.17, 15) is 0 Å². The normalized spacial score (nSPS) is 10.4. The summed E-state index contributed by atoms with van der Waals surface area (Å²) in [5, 5.41) is 3.41. The van der Waals surface area contributed by atoms with Crippen molar-refractivity contribution in [2.45, 2.75) is 0 Å². The molecule has 1 heterocycles. The lowest BCUT2D eigenvalue weighted by atomic mass is 10.2. The average molecular weight is 416 g/mol. The van der Waals surface area contributed by atoms with Gasteiger partial charge in [0.1, 0.15) is 0 Å². The van der Waals surface area contributed by atoms with Gasteiger partial charge < -0.3 is 10.2 Å². The van der Waals surface area contributed by atoms with Crippen LogP contribution >= 0.6 is 15.9 Å². The Bertz CT molecular complexity index is 963. The number of para-hydroxylation sites is 2. The topological polar surface area (TPSA) is 28.2 Å². The van der Waals surface area contributed by atoms with Crippen molar-refractivity contribution in [1.82, 2.24) is 4.98 Å². The van der Waals surface area contributed by atoms with Gasteiger partial charge in [0.15, 0.2) is 0 Å². The van der Waals surface area contributed by atoms with Crippen LogP contribution < -0.4 is 10.2 Å². The number of hydrogen-bond acceptors (Lipinski definition) is 3. The fourth-order valence-electron chi connectivity index (χ4n) is 2.93. The van der Waals surface area contributed by atoms with Crippen molar-refractivity contribution >= 4 is 44.4 Å². The van der Waals surface area contributed by atoms with Gasteiger partial charge in [-0.2, -0.15) is 0 Å². The molecule has 0 saturated heterocycles. The number of nitrogens with zero attached hydrogens (tertiary/aromatic N) is 2. The highest BCUT2D eigenvalue weighted by Gasteiger charge is 2.11. The van der Waals surface area contributed by atoms with Gasteiger partial charge in [-0.1, -0.05) is 36.4 Å². The number of pyridine rings is 1. The maximum Gasteiger partial charge on any atom is 0.0593 e. The van der Waals surface area contributed by atoms with Crippen LogP contribution in [0.4, 0.5) is 28.4 Å². The molecular formula is C23H18BrN3. The number of anilines is 5. The van der Waals surface area contributed by atoms with E-state index in [0.29, 0.717) is 0 Å². The summed E-state index contributed by atoms with van der Waals surface area (Å²) in [6.45, 7) is 0. The monoisotopic (exact) mass is 415 g/mol. The zero-order valence-corrected chi connectivity index (χ0v) is 16.2. The van der Waals surface area contributed by atoms with Crippen LogP contribution in [0.15, 0.2) is 108 Å². The van der Waals surface area contributed by atoms with E-state index >= 15 is 0 Å². The first-order valence-corrected chi connectivity index (χ1v) is 9.47. The molecule has 0 aliphatic heterocycles. The van der Waals surface area contributed by atoms with Crippen LogP contribution in [0.25, 0.3) is 0 Å². The van der Waals surface area contributed by atoms with E-state index < -0.39 is 0 Å². The predicted octanol–water partition coefficient (Wildman–Crippen LogP) is 7.06. The highest BCUT2D eigenvalue weighted by atomic mass is 79.9. The molecule has 0 fully saturated rings. The van der Waals surface area contributed by atoms with Gasteiger partial charge in [0.2, 0.25) is 0 Å². The number of hydrogen-bond donors (Lipinski definition) is 1. The molecule has 1 aromatic heterocycles. The average Bonchev–Trinajstić information content (AvgIpc) is 2.73. The first-order chi connectivity index (χ1) is 13.3. The van der Waals surface area contributed by atoms with Gasteiger partial charge in [0, 0.05) is 35.1 Å².